The standard InChI is InChI=1S/C22H28N4OS/c1-15-4-2-7-19(23-15)22(27)26-11-8-16(14-26)21-24-18-9-12-25(17-5-3-6-17)13-10-20(18)28-21/h2,4,7,16-17H,3,5-6,8-14H2,1H3. The number of pyridine rings is 1. The molecule has 6 heteroatoms. The van der Waals surface area contributed by atoms with Crippen LogP contribution in [0.2, 0.25) is 0 Å². The van der Waals surface area contributed by atoms with Crippen LogP contribution in [0.4, 0.5) is 0 Å². The summed E-state index contributed by atoms with van der Waals surface area (Å²) < 4.78 is 0. The molecule has 0 bridgehead atoms. The zero-order chi connectivity index (χ0) is 19.1. The van der Waals surface area contributed by atoms with E-state index in [4.69, 9.17) is 4.98 Å². The first-order valence-electron chi connectivity index (χ1n) is 10.6. The summed E-state index contributed by atoms with van der Waals surface area (Å²) >= 11 is 1.91. The molecule has 1 aliphatic carbocycles. The number of hydrogen-bond donors (Lipinski definition) is 0. The number of carbonyl (C=O) groups excluding carboxylic acids is 1. The molecule has 5 rings (SSSR count). The molecule has 4 heterocycles. The lowest BCUT2D eigenvalue weighted by molar-refractivity contribution is 0.0785. The van der Waals surface area contributed by atoms with Crippen molar-refractivity contribution < 1.29 is 4.79 Å². The Morgan fingerprint density at radius 2 is 1.96 bits per heavy atom. The van der Waals surface area contributed by atoms with Gasteiger partial charge in [0.2, 0.25) is 0 Å². The summed E-state index contributed by atoms with van der Waals surface area (Å²) in [5, 5.41) is 1.24. The molecule has 1 saturated carbocycles. The normalized spacial score (nSPS) is 23.3. The van der Waals surface area contributed by atoms with Gasteiger partial charge in [-0.1, -0.05) is 12.5 Å². The van der Waals surface area contributed by atoms with Crippen molar-refractivity contribution >= 4 is 17.2 Å². The Kier molecular flexibility index (Phi) is 4.93. The number of amides is 1. The summed E-state index contributed by atoms with van der Waals surface area (Å²) in [6, 6.07) is 6.49. The molecule has 1 amide bonds. The zero-order valence-electron chi connectivity index (χ0n) is 16.6. The lowest BCUT2D eigenvalue weighted by atomic mass is 9.91. The molecule has 148 valence electrons. The van der Waals surface area contributed by atoms with Gasteiger partial charge in [-0.15, -0.1) is 11.3 Å². The van der Waals surface area contributed by atoms with Crippen molar-refractivity contribution in [3.8, 4) is 0 Å². The Morgan fingerprint density at radius 1 is 1.11 bits per heavy atom. The van der Waals surface area contributed by atoms with Gasteiger partial charge in [0, 0.05) is 55.1 Å². The third-order valence-electron chi connectivity index (χ3n) is 6.58. The Hall–Kier alpha value is -1.79. The van der Waals surface area contributed by atoms with Crippen molar-refractivity contribution in [3.63, 3.8) is 0 Å². The molecule has 1 unspecified atom stereocenters. The van der Waals surface area contributed by atoms with Crippen LogP contribution in [0.5, 0.6) is 0 Å². The maximum Gasteiger partial charge on any atom is 0.272 e. The highest BCUT2D eigenvalue weighted by Gasteiger charge is 2.32. The second-order valence-electron chi connectivity index (χ2n) is 8.44. The molecule has 5 nitrogen and oxygen atoms in total. The first kappa shape index (κ1) is 18.3. The van der Waals surface area contributed by atoms with E-state index in [1.165, 1.54) is 41.4 Å². The molecule has 0 radical (unpaired) electrons. The highest BCUT2D eigenvalue weighted by molar-refractivity contribution is 7.11. The Labute approximate surface area is 170 Å². The van der Waals surface area contributed by atoms with Gasteiger partial charge in [-0.05, 0) is 44.7 Å². The Bertz CT molecular complexity index is 850. The van der Waals surface area contributed by atoms with E-state index in [0.717, 1.165) is 50.6 Å². The number of nitrogens with zero attached hydrogens (tertiary/aromatic N) is 4. The van der Waals surface area contributed by atoms with Gasteiger partial charge in [-0.3, -0.25) is 9.69 Å². The van der Waals surface area contributed by atoms with Crippen molar-refractivity contribution in [2.75, 3.05) is 26.2 Å². The van der Waals surface area contributed by atoms with E-state index >= 15 is 0 Å². The lowest BCUT2D eigenvalue weighted by Gasteiger charge is -2.36. The summed E-state index contributed by atoms with van der Waals surface area (Å²) in [5.41, 5.74) is 2.78. The highest BCUT2D eigenvalue weighted by atomic mass is 32.1. The number of hydrogen-bond acceptors (Lipinski definition) is 5. The van der Waals surface area contributed by atoms with Crippen LogP contribution in [-0.2, 0) is 12.8 Å². The van der Waals surface area contributed by atoms with Crippen LogP contribution in [0.1, 0.15) is 63.4 Å². The Balaban J connectivity index is 1.24. The molecule has 2 aliphatic heterocycles. The molecule has 2 aromatic rings. The minimum absolute atomic E-state index is 0.0560. The highest BCUT2D eigenvalue weighted by Crippen LogP contribution is 2.35. The van der Waals surface area contributed by atoms with Gasteiger partial charge in [-0.25, -0.2) is 9.97 Å². The Morgan fingerprint density at radius 3 is 2.75 bits per heavy atom. The summed E-state index contributed by atoms with van der Waals surface area (Å²) in [5.74, 6) is 0.439. The average Bonchev–Trinajstić information content (AvgIpc) is 3.25. The van der Waals surface area contributed by atoms with Gasteiger partial charge >= 0.3 is 0 Å². The number of likely N-dealkylation sites (tertiary alicyclic amines) is 1. The summed E-state index contributed by atoms with van der Waals surface area (Å²) in [6.45, 7) is 5.86. The fourth-order valence-electron chi connectivity index (χ4n) is 4.66. The minimum atomic E-state index is 0.0560. The van der Waals surface area contributed by atoms with Gasteiger partial charge in [0.05, 0.1) is 10.7 Å². The second-order valence-corrected chi connectivity index (χ2v) is 9.56. The predicted molar refractivity (Wildman–Crippen MR) is 111 cm³/mol. The fourth-order valence-corrected chi connectivity index (χ4v) is 5.89. The summed E-state index contributed by atoms with van der Waals surface area (Å²) in [6.07, 6.45) is 7.41. The topological polar surface area (TPSA) is 49.3 Å². The van der Waals surface area contributed by atoms with Gasteiger partial charge in [0.1, 0.15) is 5.69 Å². The molecule has 2 aromatic heterocycles. The first-order valence-corrected chi connectivity index (χ1v) is 11.4. The minimum Gasteiger partial charge on any atom is -0.337 e. The second kappa shape index (κ2) is 7.56. The summed E-state index contributed by atoms with van der Waals surface area (Å²) in [7, 11) is 0. The molecule has 1 saturated heterocycles. The smallest absolute Gasteiger partial charge is 0.272 e. The van der Waals surface area contributed by atoms with E-state index in [0.29, 0.717) is 11.6 Å². The molecule has 1 atom stereocenters. The van der Waals surface area contributed by atoms with E-state index in [-0.39, 0.29) is 5.91 Å². The van der Waals surface area contributed by atoms with Crippen LogP contribution in [0, 0.1) is 6.92 Å². The van der Waals surface area contributed by atoms with Gasteiger partial charge < -0.3 is 4.90 Å². The molecule has 3 aliphatic rings. The average molecular weight is 397 g/mol. The van der Waals surface area contributed by atoms with Crippen LogP contribution < -0.4 is 0 Å². The largest absolute Gasteiger partial charge is 0.337 e. The third kappa shape index (κ3) is 3.48. The van der Waals surface area contributed by atoms with Crippen molar-refractivity contribution in [1.29, 1.82) is 0 Å². The number of thiazole rings is 1. The maximum atomic E-state index is 12.8. The summed E-state index contributed by atoms with van der Waals surface area (Å²) in [4.78, 5) is 28.4. The zero-order valence-corrected chi connectivity index (χ0v) is 17.4. The molecule has 28 heavy (non-hydrogen) atoms. The molecule has 0 N–H and O–H groups in total. The van der Waals surface area contributed by atoms with Crippen molar-refractivity contribution in [2.24, 2.45) is 0 Å². The van der Waals surface area contributed by atoms with E-state index in [1.807, 2.05) is 41.4 Å². The van der Waals surface area contributed by atoms with Crippen LogP contribution in [0.25, 0.3) is 0 Å². The monoisotopic (exact) mass is 396 g/mol. The van der Waals surface area contributed by atoms with Gasteiger partial charge in [0.15, 0.2) is 0 Å². The maximum absolute atomic E-state index is 12.8. The SMILES string of the molecule is Cc1cccc(C(=O)N2CCC(c3nc4c(s3)CCN(C3CCC3)CC4)C2)n1. The van der Waals surface area contributed by atoms with E-state index < -0.39 is 0 Å². The number of carbonyl (C=O) groups is 1. The number of aryl methyl sites for hydroxylation is 1. The van der Waals surface area contributed by atoms with Crippen LogP contribution in [0.3, 0.4) is 0 Å². The lowest BCUT2D eigenvalue weighted by Crippen LogP contribution is -2.41. The first-order chi connectivity index (χ1) is 13.7. The van der Waals surface area contributed by atoms with Crippen LogP contribution >= 0.6 is 11.3 Å². The quantitative estimate of drug-likeness (QED) is 0.798. The molecule has 0 aromatic carbocycles. The third-order valence-corrected chi connectivity index (χ3v) is 7.90. The molecular formula is C22H28N4OS. The van der Waals surface area contributed by atoms with Crippen molar-refractivity contribution in [1.82, 2.24) is 19.8 Å². The number of fused-ring (bicyclic) bond motifs is 1. The van der Waals surface area contributed by atoms with Gasteiger partial charge in [-0.2, -0.15) is 0 Å². The van der Waals surface area contributed by atoms with Crippen LogP contribution in [0.15, 0.2) is 18.2 Å². The fraction of sp³-hybridized carbons (Fsp3) is 0.591. The number of rotatable bonds is 3. The number of aromatic nitrogens is 2. The molecule has 2 fully saturated rings. The van der Waals surface area contributed by atoms with Gasteiger partial charge in [0.25, 0.3) is 5.91 Å². The molecular weight excluding hydrogens is 368 g/mol. The van der Waals surface area contributed by atoms with Crippen LogP contribution in [-0.4, -0.2) is 57.9 Å². The molecule has 0 spiro atoms. The van der Waals surface area contributed by atoms with E-state index in [9.17, 15) is 4.79 Å². The van der Waals surface area contributed by atoms with E-state index in [1.54, 1.807) is 0 Å². The van der Waals surface area contributed by atoms with E-state index in [2.05, 4.69) is 9.88 Å². The van der Waals surface area contributed by atoms with Crippen molar-refractivity contribution in [2.45, 2.75) is 57.4 Å². The predicted octanol–water partition coefficient (Wildman–Crippen LogP) is 3.43. The van der Waals surface area contributed by atoms with Crippen molar-refractivity contribution in [3.05, 3.63) is 45.2 Å².